The molecule has 1 aromatic heterocycles. The zero-order valence-corrected chi connectivity index (χ0v) is 17.0. The van der Waals surface area contributed by atoms with Gasteiger partial charge >= 0.3 is 0 Å². The first-order valence-corrected chi connectivity index (χ1v) is 11.3. The third-order valence-electron chi connectivity index (χ3n) is 5.05. The van der Waals surface area contributed by atoms with E-state index in [1.54, 1.807) is 24.4 Å². The monoisotopic (exact) mass is 408 g/mol. The third kappa shape index (κ3) is 4.81. The molecule has 4 rings (SSSR count). The van der Waals surface area contributed by atoms with Crippen molar-refractivity contribution in [3.05, 3.63) is 72.6 Å². The van der Waals surface area contributed by atoms with Crippen molar-refractivity contribution in [2.24, 2.45) is 0 Å². The van der Waals surface area contributed by atoms with Gasteiger partial charge < -0.3 is 4.90 Å². The van der Waals surface area contributed by atoms with Crippen molar-refractivity contribution in [2.75, 3.05) is 18.0 Å². The van der Waals surface area contributed by atoms with Crippen molar-refractivity contribution >= 4 is 16.0 Å². The lowest BCUT2D eigenvalue weighted by molar-refractivity contribution is 0.566. The predicted octanol–water partition coefficient (Wildman–Crippen LogP) is 3.61. The Balaban J connectivity index is 1.44. The quantitative estimate of drug-likeness (QED) is 0.674. The van der Waals surface area contributed by atoms with Crippen molar-refractivity contribution in [3.63, 3.8) is 0 Å². The van der Waals surface area contributed by atoms with E-state index >= 15 is 0 Å². The topological polar surface area (TPSA) is 75.2 Å². The van der Waals surface area contributed by atoms with Crippen molar-refractivity contribution in [1.82, 2.24) is 14.7 Å². The number of rotatable bonds is 6. The van der Waals surface area contributed by atoms with Gasteiger partial charge in [0, 0.05) is 19.3 Å². The van der Waals surface area contributed by atoms with E-state index < -0.39 is 10.0 Å². The van der Waals surface area contributed by atoms with Crippen molar-refractivity contribution < 1.29 is 8.42 Å². The average molecular weight is 409 g/mol. The van der Waals surface area contributed by atoms with E-state index in [4.69, 9.17) is 0 Å². The maximum absolute atomic E-state index is 12.7. The number of sulfonamides is 1. The van der Waals surface area contributed by atoms with Crippen LogP contribution < -0.4 is 9.62 Å². The summed E-state index contributed by atoms with van der Waals surface area (Å²) in [6, 6.07) is 18.5. The Morgan fingerprint density at radius 2 is 1.55 bits per heavy atom. The molecule has 0 spiro atoms. The molecule has 0 aliphatic carbocycles. The molecule has 3 aromatic rings. The summed E-state index contributed by atoms with van der Waals surface area (Å²) in [4.78, 5) is 11.3. The molecule has 29 heavy (non-hydrogen) atoms. The lowest BCUT2D eigenvalue weighted by atomic mass is 10.1. The zero-order valence-electron chi connectivity index (χ0n) is 16.2. The fraction of sp³-hybridized carbons (Fsp3) is 0.273. The smallest absolute Gasteiger partial charge is 0.240 e. The number of benzene rings is 2. The Labute approximate surface area is 171 Å². The van der Waals surface area contributed by atoms with E-state index in [0.29, 0.717) is 11.6 Å². The van der Waals surface area contributed by atoms with E-state index in [2.05, 4.69) is 19.6 Å². The summed E-state index contributed by atoms with van der Waals surface area (Å²) >= 11 is 0. The van der Waals surface area contributed by atoms with Crippen molar-refractivity contribution in [3.8, 4) is 11.1 Å². The van der Waals surface area contributed by atoms with Gasteiger partial charge in [-0.25, -0.2) is 23.1 Å². The normalized spacial score (nSPS) is 14.7. The Kier molecular flexibility index (Phi) is 5.87. The second kappa shape index (κ2) is 8.71. The molecule has 0 amide bonds. The molecule has 1 N–H and O–H groups in total. The first-order chi connectivity index (χ1) is 14.1. The molecule has 6 nitrogen and oxygen atoms in total. The number of anilines is 1. The second-order valence-corrected chi connectivity index (χ2v) is 8.88. The SMILES string of the molecule is O=S(=O)(NCc1ccnc(N2CCCCC2)n1)c1ccc(-c2ccccc2)cc1. The lowest BCUT2D eigenvalue weighted by Gasteiger charge is -2.26. The molecular weight excluding hydrogens is 384 g/mol. The molecule has 150 valence electrons. The van der Waals surface area contributed by atoms with Crippen LogP contribution in [0.5, 0.6) is 0 Å². The number of hydrogen-bond donors (Lipinski definition) is 1. The summed E-state index contributed by atoms with van der Waals surface area (Å²) in [6.45, 7) is 2.03. The molecule has 0 bridgehead atoms. The highest BCUT2D eigenvalue weighted by Gasteiger charge is 2.16. The van der Waals surface area contributed by atoms with Gasteiger partial charge in [-0.1, -0.05) is 42.5 Å². The molecule has 1 saturated heterocycles. The number of nitrogens with zero attached hydrogens (tertiary/aromatic N) is 3. The van der Waals surface area contributed by atoms with Crippen LogP contribution in [0, 0.1) is 0 Å². The number of hydrogen-bond acceptors (Lipinski definition) is 5. The first-order valence-electron chi connectivity index (χ1n) is 9.84. The van der Waals surface area contributed by atoms with E-state index in [1.807, 2.05) is 42.5 Å². The average Bonchev–Trinajstić information content (AvgIpc) is 2.79. The maximum atomic E-state index is 12.7. The van der Waals surface area contributed by atoms with E-state index in [1.165, 1.54) is 6.42 Å². The summed E-state index contributed by atoms with van der Waals surface area (Å²) in [6.07, 6.45) is 5.20. The van der Waals surface area contributed by atoms with Gasteiger partial charge in [-0.15, -0.1) is 0 Å². The van der Waals surface area contributed by atoms with E-state index in [-0.39, 0.29) is 11.4 Å². The summed E-state index contributed by atoms with van der Waals surface area (Å²) in [5, 5.41) is 0. The van der Waals surface area contributed by atoms with Crippen LogP contribution in [0.3, 0.4) is 0 Å². The summed E-state index contributed by atoms with van der Waals surface area (Å²) in [7, 11) is -3.62. The maximum Gasteiger partial charge on any atom is 0.240 e. The van der Waals surface area contributed by atoms with Crippen molar-refractivity contribution in [2.45, 2.75) is 30.7 Å². The van der Waals surface area contributed by atoms with Crippen LogP contribution in [0.15, 0.2) is 71.8 Å². The zero-order chi connectivity index (χ0) is 20.1. The lowest BCUT2D eigenvalue weighted by Crippen LogP contribution is -2.31. The van der Waals surface area contributed by atoms with Gasteiger partial charge in [-0.2, -0.15) is 0 Å². The van der Waals surface area contributed by atoms with Gasteiger partial charge in [0.25, 0.3) is 0 Å². The van der Waals surface area contributed by atoms with Crippen molar-refractivity contribution in [1.29, 1.82) is 0 Å². The number of aromatic nitrogens is 2. The predicted molar refractivity (Wildman–Crippen MR) is 114 cm³/mol. The van der Waals surface area contributed by atoms with Crippen LogP contribution in [0.2, 0.25) is 0 Å². The molecule has 1 aliphatic heterocycles. The van der Waals surface area contributed by atoms with Gasteiger partial charge in [0.05, 0.1) is 17.1 Å². The minimum Gasteiger partial charge on any atom is -0.341 e. The minimum atomic E-state index is -3.62. The number of nitrogens with one attached hydrogen (secondary N) is 1. The molecule has 0 unspecified atom stereocenters. The Hall–Kier alpha value is -2.77. The summed E-state index contributed by atoms with van der Waals surface area (Å²) < 4.78 is 28.0. The molecule has 1 aliphatic rings. The third-order valence-corrected chi connectivity index (χ3v) is 6.47. The van der Waals surface area contributed by atoms with Crippen LogP contribution in [-0.4, -0.2) is 31.5 Å². The van der Waals surface area contributed by atoms with Crippen LogP contribution in [-0.2, 0) is 16.6 Å². The van der Waals surface area contributed by atoms with E-state index in [9.17, 15) is 8.42 Å². The minimum absolute atomic E-state index is 0.131. The highest BCUT2D eigenvalue weighted by Crippen LogP contribution is 2.21. The van der Waals surface area contributed by atoms with Crippen LogP contribution >= 0.6 is 0 Å². The summed E-state index contributed by atoms with van der Waals surface area (Å²) in [5.41, 5.74) is 2.69. The fourth-order valence-corrected chi connectivity index (χ4v) is 4.44. The molecule has 7 heteroatoms. The number of piperidine rings is 1. The first kappa shape index (κ1) is 19.5. The van der Waals surface area contributed by atoms with Gasteiger partial charge in [-0.3, -0.25) is 0 Å². The fourth-order valence-electron chi connectivity index (χ4n) is 3.44. The highest BCUT2D eigenvalue weighted by atomic mass is 32.2. The Morgan fingerprint density at radius 3 is 2.28 bits per heavy atom. The van der Waals surface area contributed by atoms with Gasteiger partial charge in [0.15, 0.2) is 0 Å². The molecule has 1 fully saturated rings. The largest absolute Gasteiger partial charge is 0.341 e. The molecule has 2 heterocycles. The molecular formula is C22H24N4O2S. The van der Waals surface area contributed by atoms with E-state index in [0.717, 1.165) is 37.1 Å². The van der Waals surface area contributed by atoms with Gasteiger partial charge in [-0.05, 0) is 48.6 Å². The molecule has 2 aromatic carbocycles. The van der Waals surface area contributed by atoms with Crippen LogP contribution in [0.1, 0.15) is 25.0 Å². The highest BCUT2D eigenvalue weighted by molar-refractivity contribution is 7.89. The Bertz CT molecular complexity index is 1050. The molecule has 0 radical (unpaired) electrons. The van der Waals surface area contributed by atoms with Gasteiger partial charge in [0.1, 0.15) is 0 Å². The molecule has 0 atom stereocenters. The second-order valence-electron chi connectivity index (χ2n) is 7.11. The summed E-state index contributed by atoms with van der Waals surface area (Å²) in [5.74, 6) is 0.675. The van der Waals surface area contributed by atoms with Crippen LogP contribution in [0.4, 0.5) is 5.95 Å². The standard InChI is InChI=1S/C22H24N4O2S/c27-29(28,21-11-9-19(10-12-21)18-7-3-1-4-8-18)24-17-20-13-14-23-22(25-20)26-15-5-2-6-16-26/h1,3-4,7-14,24H,2,5-6,15-17H2. The molecule has 0 saturated carbocycles. The van der Waals surface area contributed by atoms with Gasteiger partial charge in [0.2, 0.25) is 16.0 Å². The van der Waals surface area contributed by atoms with Crippen LogP contribution in [0.25, 0.3) is 11.1 Å². The Morgan fingerprint density at radius 1 is 0.862 bits per heavy atom.